The van der Waals surface area contributed by atoms with Gasteiger partial charge in [0, 0.05) is 14.6 Å². The normalized spacial score (nSPS) is 10.1. The van der Waals surface area contributed by atoms with Gasteiger partial charge < -0.3 is 10.4 Å². The monoisotopic (exact) mass is 397 g/mol. The lowest BCUT2D eigenvalue weighted by Crippen LogP contribution is -2.12. The Labute approximate surface area is 132 Å². The lowest BCUT2D eigenvalue weighted by molar-refractivity contribution is 0.0696. The Morgan fingerprint density at radius 3 is 2.20 bits per heavy atom. The van der Waals surface area contributed by atoms with Crippen LogP contribution in [0.2, 0.25) is 0 Å². The number of hydrogen-bond acceptors (Lipinski definition) is 2. The van der Waals surface area contributed by atoms with E-state index < -0.39 is 5.97 Å². The van der Waals surface area contributed by atoms with Crippen LogP contribution in [0.5, 0.6) is 0 Å². The minimum Gasteiger partial charge on any atom is -0.478 e. The topological polar surface area (TPSA) is 66.4 Å². The predicted octanol–water partition coefficient (Wildman–Crippen LogP) is 4.16. The van der Waals surface area contributed by atoms with Crippen LogP contribution in [-0.4, -0.2) is 17.0 Å². The molecule has 0 aromatic heterocycles. The zero-order valence-electron chi connectivity index (χ0n) is 10.1. The fourth-order valence-electron chi connectivity index (χ4n) is 1.57. The maximum Gasteiger partial charge on any atom is 0.335 e. The third-order valence-electron chi connectivity index (χ3n) is 2.57. The molecule has 102 valence electrons. The second kappa shape index (κ2) is 6.19. The number of hydrogen-bond donors (Lipinski definition) is 2. The summed E-state index contributed by atoms with van der Waals surface area (Å²) in [6.07, 6.45) is 0. The van der Waals surface area contributed by atoms with Crippen molar-refractivity contribution in [1.29, 1.82) is 0 Å². The molecule has 0 atom stereocenters. The lowest BCUT2D eigenvalue weighted by Gasteiger charge is -2.07. The number of benzene rings is 2. The van der Waals surface area contributed by atoms with Crippen LogP contribution in [0, 0.1) is 0 Å². The minimum atomic E-state index is -1.00. The van der Waals surface area contributed by atoms with E-state index >= 15 is 0 Å². The van der Waals surface area contributed by atoms with Crippen LogP contribution >= 0.6 is 31.9 Å². The molecule has 0 aliphatic carbocycles. The number of carboxylic acids is 1. The maximum atomic E-state index is 12.1. The lowest BCUT2D eigenvalue weighted by atomic mass is 10.2. The summed E-state index contributed by atoms with van der Waals surface area (Å²) < 4.78 is 1.54. The molecule has 20 heavy (non-hydrogen) atoms. The zero-order valence-corrected chi connectivity index (χ0v) is 13.2. The number of aromatic carboxylic acids is 1. The summed E-state index contributed by atoms with van der Waals surface area (Å²) in [6, 6.07) is 11.2. The van der Waals surface area contributed by atoms with Gasteiger partial charge in [-0.15, -0.1) is 0 Å². The summed E-state index contributed by atoms with van der Waals surface area (Å²) in [5.41, 5.74) is 1.21. The SMILES string of the molecule is O=C(O)c1ccc(NC(=O)c2ccc(Br)cc2Br)cc1. The Morgan fingerprint density at radius 2 is 1.65 bits per heavy atom. The first-order valence-corrected chi connectivity index (χ1v) is 7.16. The second-order valence-electron chi connectivity index (χ2n) is 3.96. The van der Waals surface area contributed by atoms with E-state index in [1.807, 2.05) is 0 Å². The molecule has 0 heterocycles. The molecule has 2 aromatic rings. The summed E-state index contributed by atoms with van der Waals surface area (Å²) in [7, 11) is 0. The average molecular weight is 399 g/mol. The van der Waals surface area contributed by atoms with Gasteiger partial charge in [-0.3, -0.25) is 4.79 Å². The first-order valence-electron chi connectivity index (χ1n) is 5.57. The van der Waals surface area contributed by atoms with Crippen molar-refractivity contribution in [2.45, 2.75) is 0 Å². The number of carbonyl (C=O) groups excluding carboxylic acids is 1. The molecule has 6 heteroatoms. The predicted molar refractivity (Wildman–Crippen MR) is 83.2 cm³/mol. The standard InChI is InChI=1S/C14H9Br2NO3/c15-9-3-6-11(12(16)7-9)13(18)17-10-4-1-8(2-5-10)14(19)20/h1-7H,(H,17,18)(H,19,20). The van der Waals surface area contributed by atoms with E-state index in [9.17, 15) is 9.59 Å². The molecule has 0 fully saturated rings. The molecule has 0 saturated heterocycles. The third-order valence-corrected chi connectivity index (χ3v) is 3.71. The number of amides is 1. The van der Waals surface area contributed by atoms with Crippen LogP contribution in [0.3, 0.4) is 0 Å². The smallest absolute Gasteiger partial charge is 0.335 e. The van der Waals surface area contributed by atoms with E-state index in [4.69, 9.17) is 5.11 Å². The first-order chi connectivity index (χ1) is 9.47. The summed E-state index contributed by atoms with van der Waals surface area (Å²) in [6.45, 7) is 0. The van der Waals surface area contributed by atoms with Crippen LogP contribution in [-0.2, 0) is 0 Å². The fraction of sp³-hybridized carbons (Fsp3) is 0. The van der Waals surface area contributed by atoms with E-state index in [1.165, 1.54) is 12.1 Å². The molecule has 2 aromatic carbocycles. The van der Waals surface area contributed by atoms with E-state index in [0.717, 1.165) is 4.47 Å². The van der Waals surface area contributed by atoms with Gasteiger partial charge in [0.05, 0.1) is 11.1 Å². The molecule has 2 rings (SSSR count). The second-order valence-corrected chi connectivity index (χ2v) is 5.73. The van der Waals surface area contributed by atoms with Crippen LogP contribution in [0.15, 0.2) is 51.4 Å². The Bertz CT molecular complexity index is 669. The number of carboxylic acid groups (broad SMARTS) is 1. The highest BCUT2D eigenvalue weighted by Crippen LogP contribution is 2.23. The van der Waals surface area contributed by atoms with Gasteiger partial charge in [0.1, 0.15) is 0 Å². The van der Waals surface area contributed by atoms with Gasteiger partial charge in [0.2, 0.25) is 0 Å². The van der Waals surface area contributed by atoms with Crippen LogP contribution in [0.25, 0.3) is 0 Å². The number of nitrogens with one attached hydrogen (secondary N) is 1. The molecule has 0 unspecified atom stereocenters. The number of rotatable bonds is 3. The minimum absolute atomic E-state index is 0.174. The molecule has 1 amide bonds. The van der Waals surface area contributed by atoms with E-state index in [-0.39, 0.29) is 11.5 Å². The van der Waals surface area contributed by atoms with E-state index in [1.54, 1.807) is 30.3 Å². The van der Waals surface area contributed by atoms with Crippen molar-refractivity contribution in [1.82, 2.24) is 0 Å². The number of halogens is 2. The quantitative estimate of drug-likeness (QED) is 0.815. The Balaban J connectivity index is 2.17. The third kappa shape index (κ3) is 3.46. The summed E-state index contributed by atoms with van der Waals surface area (Å²) in [4.78, 5) is 22.8. The van der Waals surface area contributed by atoms with Crippen molar-refractivity contribution in [2.24, 2.45) is 0 Å². The molecule has 0 bridgehead atoms. The first kappa shape index (κ1) is 14.7. The molecule has 0 spiro atoms. The molecular formula is C14H9Br2NO3. The van der Waals surface area contributed by atoms with Gasteiger partial charge >= 0.3 is 5.97 Å². The van der Waals surface area contributed by atoms with Gasteiger partial charge in [0.15, 0.2) is 0 Å². The van der Waals surface area contributed by atoms with Crippen molar-refractivity contribution >= 4 is 49.4 Å². The van der Waals surface area contributed by atoms with Crippen molar-refractivity contribution in [3.8, 4) is 0 Å². The summed E-state index contributed by atoms with van der Waals surface area (Å²) in [5.74, 6) is -1.27. The van der Waals surface area contributed by atoms with Crippen LogP contribution in [0.4, 0.5) is 5.69 Å². The molecule has 0 aliphatic rings. The average Bonchev–Trinajstić information content (AvgIpc) is 2.39. The van der Waals surface area contributed by atoms with Crippen LogP contribution in [0.1, 0.15) is 20.7 Å². The van der Waals surface area contributed by atoms with Gasteiger partial charge in [-0.05, 0) is 58.4 Å². The maximum absolute atomic E-state index is 12.1. The molecule has 0 aliphatic heterocycles. The Kier molecular flexibility index (Phi) is 4.57. The highest BCUT2D eigenvalue weighted by Gasteiger charge is 2.11. The van der Waals surface area contributed by atoms with Gasteiger partial charge in [-0.25, -0.2) is 4.79 Å². The summed E-state index contributed by atoms with van der Waals surface area (Å²) in [5, 5.41) is 11.5. The zero-order chi connectivity index (χ0) is 14.7. The van der Waals surface area contributed by atoms with Gasteiger partial charge in [0.25, 0.3) is 5.91 Å². The summed E-state index contributed by atoms with van der Waals surface area (Å²) >= 11 is 6.64. The van der Waals surface area contributed by atoms with Crippen molar-refractivity contribution in [3.05, 3.63) is 62.5 Å². The molecule has 2 N–H and O–H groups in total. The largest absolute Gasteiger partial charge is 0.478 e. The fourth-order valence-corrected chi connectivity index (χ4v) is 2.80. The van der Waals surface area contributed by atoms with E-state index in [0.29, 0.717) is 15.7 Å². The highest BCUT2D eigenvalue weighted by molar-refractivity contribution is 9.11. The number of carbonyl (C=O) groups is 2. The van der Waals surface area contributed by atoms with Crippen molar-refractivity contribution in [3.63, 3.8) is 0 Å². The Hall–Kier alpha value is -1.66. The van der Waals surface area contributed by atoms with Crippen molar-refractivity contribution < 1.29 is 14.7 Å². The van der Waals surface area contributed by atoms with E-state index in [2.05, 4.69) is 37.2 Å². The molecule has 0 radical (unpaired) electrons. The molecule has 0 saturated carbocycles. The molecule has 4 nitrogen and oxygen atoms in total. The van der Waals surface area contributed by atoms with Crippen LogP contribution < -0.4 is 5.32 Å². The highest BCUT2D eigenvalue weighted by atomic mass is 79.9. The molecular weight excluding hydrogens is 390 g/mol. The number of anilines is 1. The van der Waals surface area contributed by atoms with Gasteiger partial charge in [-0.1, -0.05) is 15.9 Å². The van der Waals surface area contributed by atoms with Gasteiger partial charge in [-0.2, -0.15) is 0 Å². The van der Waals surface area contributed by atoms with Crippen molar-refractivity contribution in [2.75, 3.05) is 5.32 Å². The Morgan fingerprint density at radius 1 is 1.00 bits per heavy atom.